The van der Waals surface area contributed by atoms with Crippen LogP contribution >= 0.6 is 11.6 Å². The van der Waals surface area contributed by atoms with Gasteiger partial charge in [0.25, 0.3) is 5.88 Å². The van der Waals surface area contributed by atoms with Gasteiger partial charge in [-0.1, -0.05) is 24.6 Å². The van der Waals surface area contributed by atoms with Crippen LogP contribution in [0.5, 0.6) is 11.6 Å². The molecular weight excluding hydrogens is 257 g/mol. The van der Waals surface area contributed by atoms with Crippen LogP contribution in [0.25, 0.3) is 0 Å². The van der Waals surface area contributed by atoms with Crippen molar-refractivity contribution >= 4 is 17.3 Å². The number of halogens is 2. The van der Waals surface area contributed by atoms with Crippen LogP contribution in [0.4, 0.5) is 10.1 Å². The molecular formula is C12H11ClFN3O. The van der Waals surface area contributed by atoms with Gasteiger partial charge in [-0.2, -0.15) is 9.37 Å². The van der Waals surface area contributed by atoms with E-state index in [1.165, 1.54) is 6.33 Å². The summed E-state index contributed by atoms with van der Waals surface area (Å²) in [7, 11) is 0. The van der Waals surface area contributed by atoms with Crippen molar-refractivity contribution in [3.8, 4) is 11.6 Å². The molecule has 4 nitrogen and oxygen atoms in total. The number of anilines is 1. The molecule has 0 unspecified atom stereocenters. The van der Waals surface area contributed by atoms with Gasteiger partial charge in [-0.25, -0.2) is 4.98 Å². The molecule has 0 saturated carbocycles. The number of nitrogens with zero attached hydrogens (tertiary/aromatic N) is 2. The predicted molar refractivity (Wildman–Crippen MR) is 67.3 cm³/mol. The fourth-order valence-corrected chi connectivity index (χ4v) is 1.66. The van der Waals surface area contributed by atoms with Crippen LogP contribution in [0.3, 0.4) is 0 Å². The lowest BCUT2D eigenvalue weighted by Crippen LogP contribution is -2.01. The fraction of sp³-hybridized carbons (Fsp3) is 0.167. The summed E-state index contributed by atoms with van der Waals surface area (Å²) in [5.41, 5.74) is 6.32. The Labute approximate surface area is 109 Å². The first-order valence-electron chi connectivity index (χ1n) is 5.34. The molecule has 1 aromatic heterocycles. The minimum Gasteiger partial charge on any atom is -0.433 e. The quantitative estimate of drug-likeness (QED) is 0.868. The van der Waals surface area contributed by atoms with Crippen molar-refractivity contribution in [2.75, 3.05) is 5.73 Å². The lowest BCUT2D eigenvalue weighted by molar-refractivity contribution is 0.417. The lowest BCUT2D eigenvalue weighted by Gasteiger charge is -2.10. The molecule has 2 rings (SSSR count). The van der Waals surface area contributed by atoms with Gasteiger partial charge in [-0.15, -0.1) is 0 Å². The molecule has 6 heteroatoms. The maximum Gasteiger partial charge on any atom is 0.259 e. The monoisotopic (exact) mass is 267 g/mol. The van der Waals surface area contributed by atoms with Crippen molar-refractivity contribution in [3.05, 3.63) is 41.1 Å². The smallest absolute Gasteiger partial charge is 0.259 e. The third kappa shape index (κ3) is 2.36. The number of hydrogen-bond acceptors (Lipinski definition) is 4. The van der Waals surface area contributed by atoms with Crippen LogP contribution < -0.4 is 10.5 Å². The highest BCUT2D eigenvalue weighted by Gasteiger charge is 2.14. The van der Waals surface area contributed by atoms with E-state index in [9.17, 15) is 4.39 Å². The Morgan fingerprint density at radius 1 is 1.39 bits per heavy atom. The summed E-state index contributed by atoms with van der Waals surface area (Å²) in [5.74, 6) is -0.584. The van der Waals surface area contributed by atoms with E-state index in [1.807, 2.05) is 0 Å². The third-order valence-corrected chi connectivity index (χ3v) is 2.66. The molecule has 1 aromatic carbocycles. The van der Waals surface area contributed by atoms with Gasteiger partial charge in [0.2, 0.25) is 5.82 Å². The van der Waals surface area contributed by atoms with E-state index in [4.69, 9.17) is 22.1 Å². The van der Waals surface area contributed by atoms with E-state index in [2.05, 4.69) is 9.97 Å². The molecule has 1 heterocycles. The van der Waals surface area contributed by atoms with Crippen molar-refractivity contribution in [2.45, 2.75) is 13.3 Å². The molecule has 0 atom stereocenters. The molecule has 0 radical (unpaired) electrons. The lowest BCUT2D eigenvalue weighted by atomic mass is 10.3. The van der Waals surface area contributed by atoms with E-state index in [0.29, 0.717) is 17.1 Å². The Morgan fingerprint density at radius 3 is 2.83 bits per heavy atom. The van der Waals surface area contributed by atoms with Crippen molar-refractivity contribution in [1.82, 2.24) is 9.97 Å². The normalized spacial score (nSPS) is 10.4. The first-order valence-corrected chi connectivity index (χ1v) is 5.72. The average molecular weight is 268 g/mol. The minimum absolute atomic E-state index is 0.179. The second kappa shape index (κ2) is 5.18. The second-order valence-corrected chi connectivity index (χ2v) is 3.96. The van der Waals surface area contributed by atoms with Crippen LogP contribution in [0, 0.1) is 5.82 Å². The Hall–Kier alpha value is -1.88. The van der Waals surface area contributed by atoms with Gasteiger partial charge in [0.1, 0.15) is 6.33 Å². The van der Waals surface area contributed by atoms with Crippen molar-refractivity contribution in [2.24, 2.45) is 0 Å². The molecule has 0 bridgehead atoms. The maximum atomic E-state index is 13.9. The Morgan fingerprint density at radius 2 is 2.17 bits per heavy atom. The van der Waals surface area contributed by atoms with Gasteiger partial charge in [-0.05, 0) is 18.6 Å². The molecule has 0 aliphatic carbocycles. The van der Waals surface area contributed by atoms with Crippen molar-refractivity contribution < 1.29 is 9.13 Å². The number of ether oxygens (including phenoxy) is 1. The first kappa shape index (κ1) is 12.6. The number of rotatable bonds is 3. The molecule has 2 aromatic rings. The highest BCUT2D eigenvalue weighted by Crippen LogP contribution is 2.34. The number of nitrogen functional groups attached to an aromatic ring is 1. The highest BCUT2D eigenvalue weighted by molar-refractivity contribution is 6.32. The van der Waals surface area contributed by atoms with Crippen LogP contribution in [0.1, 0.15) is 12.6 Å². The minimum atomic E-state index is -0.598. The molecule has 0 spiro atoms. The van der Waals surface area contributed by atoms with Gasteiger partial charge in [0, 0.05) is 0 Å². The molecule has 0 aliphatic heterocycles. The predicted octanol–water partition coefficient (Wildman–Crippen LogP) is 3.21. The molecule has 18 heavy (non-hydrogen) atoms. The topological polar surface area (TPSA) is 61.0 Å². The number of aromatic nitrogens is 2. The van der Waals surface area contributed by atoms with E-state index in [1.54, 1.807) is 25.1 Å². The maximum absolute atomic E-state index is 13.9. The molecule has 0 saturated heterocycles. The van der Waals surface area contributed by atoms with Crippen LogP contribution in [-0.2, 0) is 6.42 Å². The third-order valence-electron chi connectivity index (χ3n) is 2.36. The SMILES string of the molecule is CCc1ncnc(Oc2c(N)cccc2Cl)c1F. The first-order chi connectivity index (χ1) is 8.63. The second-order valence-electron chi connectivity index (χ2n) is 3.55. The van der Waals surface area contributed by atoms with Gasteiger partial charge in [0.05, 0.1) is 16.4 Å². The Balaban J connectivity index is 2.40. The zero-order chi connectivity index (χ0) is 13.1. The molecule has 0 amide bonds. The van der Waals surface area contributed by atoms with E-state index in [0.717, 1.165) is 0 Å². The largest absolute Gasteiger partial charge is 0.433 e. The summed E-state index contributed by atoms with van der Waals surface area (Å²) in [4.78, 5) is 7.56. The summed E-state index contributed by atoms with van der Waals surface area (Å²) < 4.78 is 19.2. The van der Waals surface area contributed by atoms with Crippen molar-refractivity contribution in [1.29, 1.82) is 0 Å². The van der Waals surface area contributed by atoms with Crippen molar-refractivity contribution in [3.63, 3.8) is 0 Å². The van der Waals surface area contributed by atoms with Gasteiger partial charge in [-0.3, -0.25) is 0 Å². The van der Waals surface area contributed by atoms with Gasteiger partial charge < -0.3 is 10.5 Å². The van der Waals surface area contributed by atoms with Gasteiger partial charge in [0.15, 0.2) is 5.75 Å². The molecule has 94 valence electrons. The molecule has 0 fully saturated rings. The number of para-hydroxylation sites is 1. The number of aryl methyl sites for hydroxylation is 1. The summed E-state index contributed by atoms with van der Waals surface area (Å²) in [5, 5.41) is 0.297. The summed E-state index contributed by atoms with van der Waals surface area (Å²) >= 11 is 5.93. The Kier molecular flexibility index (Phi) is 3.62. The number of hydrogen-bond donors (Lipinski definition) is 1. The summed E-state index contributed by atoms with van der Waals surface area (Å²) in [6.45, 7) is 1.79. The standard InChI is InChI=1S/C12H11ClFN3O/c1-2-9-10(14)12(17-6-16-9)18-11-7(13)4-3-5-8(11)15/h3-6H,2,15H2,1H3. The fourth-order valence-electron chi connectivity index (χ4n) is 1.44. The summed E-state index contributed by atoms with van der Waals surface area (Å²) in [6, 6.07) is 4.90. The van der Waals surface area contributed by atoms with Crippen LogP contribution in [0.2, 0.25) is 5.02 Å². The molecule has 2 N–H and O–H groups in total. The average Bonchev–Trinajstić information content (AvgIpc) is 2.36. The number of benzene rings is 1. The van der Waals surface area contributed by atoms with E-state index >= 15 is 0 Å². The Bertz CT molecular complexity index is 557. The zero-order valence-electron chi connectivity index (χ0n) is 9.65. The van der Waals surface area contributed by atoms with E-state index in [-0.39, 0.29) is 17.3 Å². The molecule has 0 aliphatic rings. The number of nitrogens with two attached hydrogens (primary N) is 1. The van der Waals surface area contributed by atoms with Gasteiger partial charge >= 0.3 is 0 Å². The van der Waals surface area contributed by atoms with E-state index < -0.39 is 5.82 Å². The highest BCUT2D eigenvalue weighted by atomic mass is 35.5. The summed E-state index contributed by atoms with van der Waals surface area (Å²) in [6.07, 6.45) is 1.69. The van der Waals surface area contributed by atoms with Crippen LogP contribution in [0.15, 0.2) is 24.5 Å². The zero-order valence-corrected chi connectivity index (χ0v) is 10.4. The van der Waals surface area contributed by atoms with Crippen LogP contribution in [-0.4, -0.2) is 9.97 Å².